The van der Waals surface area contributed by atoms with Gasteiger partial charge in [0.2, 0.25) is 11.7 Å². The Hall–Kier alpha value is -4.55. The molecule has 0 aliphatic heterocycles. The van der Waals surface area contributed by atoms with Crippen molar-refractivity contribution < 1.29 is 39.6 Å². The second kappa shape index (κ2) is 9.82. The summed E-state index contributed by atoms with van der Waals surface area (Å²) in [4.78, 5) is 57.8. The molecule has 0 spiro atoms. The van der Waals surface area contributed by atoms with Crippen LogP contribution in [0.4, 0.5) is 5.69 Å². The molecule has 0 saturated heterocycles. The summed E-state index contributed by atoms with van der Waals surface area (Å²) in [5, 5.41) is 48.0. The first-order valence-electron chi connectivity index (χ1n) is 13.1. The Balaban J connectivity index is 1.76. The van der Waals surface area contributed by atoms with E-state index in [1.807, 2.05) is 0 Å². The van der Waals surface area contributed by atoms with E-state index < -0.39 is 69.7 Å². The lowest BCUT2D eigenvalue weighted by atomic mass is 9.58. The maximum absolute atomic E-state index is 14.1. The largest absolute Gasteiger partial charge is 0.510 e. The first-order valence-corrected chi connectivity index (χ1v) is 13.1. The second-order valence-electron chi connectivity index (χ2n) is 10.8. The summed E-state index contributed by atoms with van der Waals surface area (Å²) in [5.41, 5.74) is 2.58. The highest BCUT2D eigenvalue weighted by atomic mass is 16.3. The number of aliphatic hydroxyl groups is 3. The van der Waals surface area contributed by atoms with Crippen LogP contribution >= 0.6 is 0 Å². The number of hydrogen-bond acceptors (Lipinski definition) is 10. The van der Waals surface area contributed by atoms with Crippen molar-refractivity contribution in [1.82, 2.24) is 9.88 Å². The zero-order valence-corrected chi connectivity index (χ0v) is 22.6. The quantitative estimate of drug-likeness (QED) is 0.229. The molecule has 12 heteroatoms. The van der Waals surface area contributed by atoms with Gasteiger partial charge < -0.3 is 31.5 Å². The number of amides is 2. The highest BCUT2D eigenvalue weighted by molar-refractivity contribution is 6.25. The molecule has 4 atom stereocenters. The lowest BCUT2D eigenvalue weighted by Crippen LogP contribution is -2.63. The number of nitrogens with zero attached hydrogens (tertiary/aromatic N) is 2. The standard InChI is InChI=1S/C29H30N4O8/c1-4-18(34)32-17-11-13(16-7-5-6-8-31-16)14-9-12-10-15-22(33(2)3)25(37)21(28(30)40)27(39)29(15,41)26(38)19(12)24(36)20(14)23(17)35/h5-8,11-12,15,22,35,37-38,41H,4,9-10H2,1-3H3,(H2,30,40)(H,32,34)/t12-,15-,22-,29-/m0/s1. The highest BCUT2D eigenvalue weighted by Gasteiger charge is 2.63. The van der Waals surface area contributed by atoms with E-state index in [4.69, 9.17) is 5.73 Å². The number of nitrogens with two attached hydrogens (primary N) is 1. The number of aromatic hydroxyl groups is 1. The van der Waals surface area contributed by atoms with Gasteiger partial charge in [0.25, 0.3) is 5.91 Å². The van der Waals surface area contributed by atoms with E-state index in [0.29, 0.717) is 16.8 Å². The van der Waals surface area contributed by atoms with E-state index >= 15 is 0 Å². The van der Waals surface area contributed by atoms with Gasteiger partial charge in [0.15, 0.2) is 17.1 Å². The summed E-state index contributed by atoms with van der Waals surface area (Å²) < 4.78 is 0. The lowest BCUT2D eigenvalue weighted by Gasteiger charge is -2.50. The Kier molecular flexibility index (Phi) is 6.71. The number of rotatable bonds is 5. The summed E-state index contributed by atoms with van der Waals surface area (Å²) in [6.07, 6.45) is 1.71. The van der Waals surface area contributed by atoms with Crippen LogP contribution in [-0.2, 0) is 20.8 Å². The monoisotopic (exact) mass is 562 g/mol. The van der Waals surface area contributed by atoms with Crippen LogP contribution in [0.2, 0.25) is 0 Å². The number of pyridine rings is 1. The van der Waals surface area contributed by atoms with Crippen molar-refractivity contribution in [2.24, 2.45) is 17.6 Å². The molecule has 3 aliphatic rings. The number of phenolic OH excluding ortho intramolecular Hbond substituents is 1. The zero-order valence-electron chi connectivity index (χ0n) is 22.6. The molecule has 0 saturated carbocycles. The molecule has 41 heavy (non-hydrogen) atoms. The Morgan fingerprint density at radius 1 is 1.20 bits per heavy atom. The van der Waals surface area contributed by atoms with E-state index in [9.17, 15) is 39.6 Å². The predicted octanol–water partition coefficient (Wildman–Crippen LogP) is 1.53. The van der Waals surface area contributed by atoms with Crippen LogP contribution in [0, 0.1) is 11.8 Å². The fourth-order valence-corrected chi connectivity index (χ4v) is 6.40. The van der Waals surface area contributed by atoms with E-state index in [-0.39, 0.29) is 36.1 Å². The van der Waals surface area contributed by atoms with Crippen molar-refractivity contribution in [3.63, 3.8) is 0 Å². The van der Waals surface area contributed by atoms with Crippen LogP contribution in [0.5, 0.6) is 5.75 Å². The van der Waals surface area contributed by atoms with Crippen LogP contribution in [0.15, 0.2) is 53.1 Å². The van der Waals surface area contributed by atoms with Crippen molar-refractivity contribution in [3.05, 3.63) is 64.3 Å². The smallest absolute Gasteiger partial charge is 0.255 e. The number of allylic oxidation sites excluding steroid dienone is 1. The minimum Gasteiger partial charge on any atom is -0.510 e. The van der Waals surface area contributed by atoms with Crippen molar-refractivity contribution in [3.8, 4) is 17.0 Å². The van der Waals surface area contributed by atoms with E-state index in [2.05, 4.69) is 10.3 Å². The van der Waals surface area contributed by atoms with Crippen molar-refractivity contribution >= 4 is 29.1 Å². The molecule has 0 fully saturated rings. The number of aliphatic hydroxyl groups excluding tert-OH is 2. The number of fused-ring (bicyclic) bond motifs is 3. The van der Waals surface area contributed by atoms with Gasteiger partial charge >= 0.3 is 0 Å². The summed E-state index contributed by atoms with van der Waals surface area (Å²) in [6, 6.07) is 5.61. The molecule has 0 bridgehead atoms. The average molecular weight is 563 g/mol. The van der Waals surface area contributed by atoms with Crippen LogP contribution in [-0.4, -0.2) is 79.4 Å². The van der Waals surface area contributed by atoms with Gasteiger partial charge in [-0.2, -0.15) is 0 Å². The predicted molar refractivity (Wildman–Crippen MR) is 146 cm³/mol. The van der Waals surface area contributed by atoms with Crippen molar-refractivity contribution in [2.45, 2.75) is 37.8 Å². The number of likely N-dealkylation sites (N-methyl/N-ethyl adjacent to an activating group) is 1. The molecule has 5 rings (SSSR count). The first-order chi connectivity index (χ1) is 19.3. The number of phenols is 1. The molecule has 12 nitrogen and oxygen atoms in total. The van der Waals surface area contributed by atoms with Gasteiger partial charge in [0, 0.05) is 29.7 Å². The van der Waals surface area contributed by atoms with E-state index in [1.165, 1.54) is 11.0 Å². The number of ketones is 2. The number of nitrogens with one attached hydrogen (secondary N) is 1. The fraction of sp³-hybridized carbons (Fsp3) is 0.345. The Morgan fingerprint density at radius 3 is 2.49 bits per heavy atom. The third kappa shape index (κ3) is 4.01. The minimum atomic E-state index is -2.74. The number of carbonyl (C=O) groups is 4. The molecule has 2 aromatic rings. The van der Waals surface area contributed by atoms with Gasteiger partial charge in [-0.05, 0) is 56.6 Å². The highest BCUT2D eigenvalue weighted by Crippen LogP contribution is 2.53. The van der Waals surface area contributed by atoms with Crippen LogP contribution in [0.25, 0.3) is 11.3 Å². The van der Waals surface area contributed by atoms with Crippen LogP contribution < -0.4 is 11.1 Å². The molecule has 1 heterocycles. The summed E-state index contributed by atoms with van der Waals surface area (Å²) >= 11 is 0. The molecule has 3 aliphatic carbocycles. The molecule has 0 unspecified atom stereocenters. The van der Waals surface area contributed by atoms with Gasteiger partial charge in [-0.1, -0.05) is 13.0 Å². The number of carbonyl (C=O) groups excluding carboxylic acids is 4. The molecule has 7 N–H and O–H groups in total. The molecule has 1 aromatic carbocycles. The first kappa shape index (κ1) is 28.0. The van der Waals surface area contributed by atoms with Gasteiger partial charge in [-0.15, -0.1) is 0 Å². The Morgan fingerprint density at radius 2 is 1.90 bits per heavy atom. The van der Waals surface area contributed by atoms with E-state index in [1.54, 1.807) is 45.4 Å². The summed E-state index contributed by atoms with van der Waals surface area (Å²) in [5.74, 6) is -7.87. The minimum absolute atomic E-state index is 0.0392. The van der Waals surface area contributed by atoms with Crippen LogP contribution in [0.3, 0.4) is 0 Å². The molecule has 2 amide bonds. The molecular weight excluding hydrogens is 532 g/mol. The number of anilines is 1. The van der Waals surface area contributed by atoms with E-state index in [0.717, 1.165) is 0 Å². The van der Waals surface area contributed by atoms with Gasteiger partial charge in [-0.3, -0.25) is 29.1 Å². The number of primary amides is 1. The average Bonchev–Trinajstić information content (AvgIpc) is 2.92. The Labute approximate surface area is 234 Å². The van der Waals surface area contributed by atoms with Crippen molar-refractivity contribution in [2.75, 3.05) is 19.4 Å². The van der Waals surface area contributed by atoms with Gasteiger partial charge in [0.1, 0.15) is 17.1 Å². The maximum atomic E-state index is 14.1. The second-order valence-corrected chi connectivity index (χ2v) is 10.8. The molecular formula is C29H30N4O8. The lowest BCUT2D eigenvalue weighted by molar-refractivity contribution is -0.148. The third-order valence-electron chi connectivity index (χ3n) is 8.26. The number of benzene rings is 1. The zero-order chi connectivity index (χ0) is 30.0. The Bertz CT molecular complexity index is 1580. The third-order valence-corrected chi connectivity index (χ3v) is 8.26. The van der Waals surface area contributed by atoms with Gasteiger partial charge in [0.05, 0.1) is 23.0 Å². The topological polar surface area (TPSA) is 203 Å². The number of hydrogen-bond donors (Lipinski definition) is 6. The molecule has 214 valence electrons. The SMILES string of the molecule is CCC(=O)Nc1cc(-c2ccccn2)c2c(c1O)C(=O)C1=C(O)[C@]3(O)C(=O)C(C(N)=O)=C(O)[C@@H](N(C)C)[C@@H]3C[C@@H]1C2. The summed E-state index contributed by atoms with van der Waals surface area (Å²) in [7, 11) is 3.13. The molecule has 1 aromatic heterocycles. The summed E-state index contributed by atoms with van der Waals surface area (Å²) in [6.45, 7) is 1.62. The normalized spacial score (nSPS) is 25.5. The molecule has 0 radical (unpaired) electrons. The van der Waals surface area contributed by atoms with Gasteiger partial charge in [-0.25, -0.2) is 0 Å². The fourth-order valence-electron chi connectivity index (χ4n) is 6.40. The van der Waals surface area contributed by atoms with Crippen molar-refractivity contribution in [1.29, 1.82) is 0 Å². The number of aromatic nitrogens is 1. The van der Waals surface area contributed by atoms with Crippen LogP contribution in [0.1, 0.15) is 35.7 Å². The number of Topliss-reactive ketones (excluding diaryl/α,β-unsaturated/α-hetero) is 2. The maximum Gasteiger partial charge on any atom is 0.255 e.